The third kappa shape index (κ3) is 5.19. The molecule has 2 amide bonds. The van der Waals surface area contributed by atoms with E-state index in [9.17, 15) is 18.0 Å². The SMILES string of the molecule is CCc1ccccc1OCC(=O)NNC(=O)c1ccc(S(=O)(=O)N2CCCCC2)o1. The molecule has 1 saturated heterocycles. The monoisotopic (exact) mass is 435 g/mol. The van der Waals surface area contributed by atoms with Gasteiger partial charge in [-0.25, -0.2) is 8.42 Å². The van der Waals surface area contributed by atoms with Crippen molar-refractivity contribution in [3.05, 3.63) is 47.7 Å². The topological polar surface area (TPSA) is 118 Å². The first kappa shape index (κ1) is 21.8. The summed E-state index contributed by atoms with van der Waals surface area (Å²) < 4.78 is 37.2. The number of para-hydroxylation sites is 1. The average Bonchev–Trinajstić information content (AvgIpc) is 3.28. The summed E-state index contributed by atoms with van der Waals surface area (Å²) >= 11 is 0. The number of sulfonamides is 1. The Labute approximate surface area is 175 Å². The van der Waals surface area contributed by atoms with Gasteiger partial charge in [0.1, 0.15) is 5.75 Å². The molecule has 9 nitrogen and oxygen atoms in total. The standard InChI is InChI=1S/C20H25N3O6S/c1-2-15-8-4-5-9-16(15)28-14-18(24)21-22-20(25)17-10-11-19(29-17)30(26,27)23-12-6-3-7-13-23/h4-5,8-11H,2-3,6-7,12-14H2,1H3,(H,21,24)(H,22,25). The van der Waals surface area contributed by atoms with E-state index in [2.05, 4.69) is 10.9 Å². The van der Waals surface area contributed by atoms with E-state index in [1.165, 1.54) is 16.4 Å². The van der Waals surface area contributed by atoms with Gasteiger partial charge in [-0.3, -0.25) is 20.4 Å². The van der Waals surface area contributed by atoms with Gasteiger partial charge in [-0.05, 0) is 43.0 Å². The normalized spacial score (nSPS) is 14.8. The van der Waals surface area contributed by atoms with Crippen LogP contribution < -0.4 is 15.6 Å². The van der Waals surface area contributed by atoms with Gasteiger partial charge in [-0.2, -0.15) is 4.31 Å². The summed E-state index contributed by atoms with van der Waals surface area (Å²) in [5, 5.41) is -0.291. The molecule has 3 rings (SSSR count). The molecule has 1 aliphatic heterocycles. The average molecular weight is 436 g/mol. The Morgan fingerprint density at radius 3 is 2.53 bits per heavy atom. The summed E-state index contributed by atoms with van der Waals surface area (Å²) in [6.45, 7) is 2.55. The number of benzene rings is 1. The van der Waals surface area contributed by atoms with Gasteiger partial charge in [0.05, 0.1) is 0 Å². The van der Waals surface area contributed by atoms with Crippen molar-refractivity contribution < 1.29 is 27.2 Å². The zero-order valence-electron chi connectivity index (χ0n) is 16.7. The summed E-state index contributed by atoms with van der Waals surface area (Å²) in [5.41, 5.74) is 5.37. The first-order chi connectivity index (χ1) is 14.4. The molecule has 0 atom stereocenters. The van der Waals surface area contributed by atoms with Gasteiger partial charge in [0.25, 0.3) is 15.9 Å². The fourth-order valence-corrected chi connectivity index (χ4v) is 4.55. The smallest absolute Gasteiger partial charge is 0.305 e. The minimum absolute atomic E-state index is 0.219. The molecule has 0 aliphatic carbocycles. The molecule has 162 valence electrons. The quantitative estimate of drug-likeness (QED) is 0.641. The highest BCUT2D eigenvalue weighted by molar-refractivity contribution is 7.89. The summed E-state index contributed by atoms with van der Waals surface area (Å²) in [6.07, 6.45) is 3.34. The lowest BCUT2D eigenvalue weighted by Crippen LogP contribution is -2.43. The minimum Gasteiger partial charge on any atom is -0.483 e. The van der Waals surface area contributed by atoms with Crippen LogP contribution in [0.1, 0.15) is 42.3 Å². The Bertz CT molecular complexity index is 995. The van der Waals surface area contributed by atoms with Crippen LogP contribution >= 0.6 is 0 Å². The first-order valence-corrected chi connectivity index (χ1v) is 11.3. The predicted octanol–water partition coefficient (Wildman–Crippen LogP) is 1.86. The molecule has 1 aromatic heterocycles. The summed E-state index contributed by atoms with van der Waals surface area (Å²) in [4.78, 5) is 24.1. The molecular weight excluding hydrogens is 410 g/mol. The highest BCUT2D eigenvalue weighted by Crippen LogP contribution is 2.22. The van der Waals surface area contributed by atoms with Crippen LogP contribution in [0, 0.1) is 0 Å². The molecule has 10 heteroatoms. The number of carbonyl (C=O) groups excluding carboxylic acids is 2. The Morgan fingerprint density at radius 1 is 1.07 bits per heavy atom. The molecule has 2 heterocycles. The van der Waals surface area contributed by atoms with E-state index in [1.807, 2.05) is 19.1 Å². The lowest BCUT2D eigenvalue weighted by Gasteiger charge is -2.24. The van der Waals surface area contributed by atoms with Crippen LogP contribution in [0.25, 0.3) is 0 Å². The maximum absolute atomic E-state index is 12.6. The second-order valence-electron chi connectivity index (χ2n) is 6.84. The molecule has 1 aliphatic rings. The van der Waals surface area contributed by atoms with E-state index in [0.29, 0.717) is 18.8 Å². The Balaban J connectivity index is 1.52. The Hall–Kier alpha value is -2.85. The van der Waals surface area contributed by atoms with Crippen molar-refractivity contribution in [2.75, 3.05) is 19.7 Å². The number of hydrazine groups is 1. The molecule has 0 radical (unpaired) electrons. The number of hydrogen-bond acceptors (Lipinski definition) is 6. The zero-order chi connectivity index (χ0) is 21.6. The van der Waals surface area contributed by atoms with Crippen LogP contribution in [-0.2, 0) is 21.2 Å². The number of furan rings is 1. The van der Waals surface area contributed by atoms with E-state index in [0.717, 1.165) is 31.2 Å². The van der Waals surface area contributed by atoms with Crippen LogP contribution in [0.2, 0.25) is 0 Å². The van der Waals surface area contributed by atoms with Crippen molar-refractivity contribution in [2.45, 2.75) is 37.7 Å². The van der Waals surface area contributed by atoms with Gasteiger partial charge in [-0.1, -0.05) is 31.5 Å². The van der Waals surface area contributed by atoms with Crippen molar-refractivity contribution >= 4 is 21.8 Å². The number of piperidine rings is 1. The first-order valence-electron chi connectivity index (χ1n) is 9.81. The van der Waals surface area contributed by atoms with E-state index >= 15 is 0 Å². The molecule has 30 heavy (non-hydrogen) atoms. The van der Waals surface area contributed by atoms with Crippen molar-refractivity contribution in [1.29, 1.82) is 0 Å². The number of ether oxygens (including phenoxy) is 1. The number of aryl methyl sites for hydroxylation is 1. The largest absolute Gasteiger partial charge is 0.483 e. The number of hydrogen-bond donors (Lipinski definition) is 2. The third-order valence-electron chi connectivity index (χ3n) is 4.74. The van der Waals surface area contributed by atoms with Crippen LogP contribution in [-0.4, -0.2) is 44.2 Å². The number of nitrogens with zero attached hydrogens (tertiary/aromatic N) is 1. The van der Waals surface area contributed by atoms with Gasteiger partial charge in [-0.15, -0.1) is 0 Å². The van der Waals surface area contributed by atoms with Gasteiger partial charge >= 0.3 is 5.91 Å². The second kappa shape index (κ2) is 9.77. The van der Waals surface area contributed by atoms with E-state index in [-0.39, 0.29) is 17.5 Å². The molecule has 0 spiro atoms. The van der Waals surface area contributed by atoms with Crippen LogP contribution in [0.15, 0.2) is 45.9 Å². The molecule has 0 bridgehead atoms. The number of rotatable bonds is 7. The van der Waals surface area contributed by atoms with Gasteiger partial charge < -0.3 is 9.15 Å². The zero-order valence-corrected chi connectivity index (χ0v) is 17.5. The fourth-order valence-electron chi connectivity index (χ4n) is 3.12. The maximum atomic E-state index is 12.6. The molecule has 2 N–H and O–H groups in total. The fraction of sp³-hybridized carbons (Fsp3) is 0.400. The molecule has 2 aromatic rings. The number of nitrogens with one attached hydrogen (secondary N) is 2. The van der Waals surface area contributed by atoms with Gasteiger partial charge in [0.15, 0.2) is 12.4 Å². The summed E-state index contributed by atoms with van der Waals surface area (Å²) in [5.74, 6) is -0.956. The third-order valence-corrected chi connectivity index (χ3v) is 6.51. The van der Waals surface area contributed by atoms with Crippen molar-refractivity contribution in [1.82, 2.24) is 15.2 Å². The van der Waals surface area contributed by atoms with E-state index < -0.39 is 21.8 Å². The lowest BCUT2D eigenvalue weighted by atomic mass is 10.1. The Kier molecular flexibility index (Phi) is 7.11. The molecule has 1 fully saturated rings. The minimum atomic E-state index is -3.77. The van der Waals surface area contributed by atoms with Crippen LogP contribution in [0.5, 0.6) is 5.75 Å². The summed E-state index contributed by atoms with van der Waals surface area (Å²) in [7, 11) is -3.77. The lowest BCUT2D eigenvalue weighted by molar-refractivity contribution is -0.123. The molecule has 0 unspecified atom stereocenters. The second-order valence-corrected chi connectivity index (χ2v) is 8.70. The Morgan fingerprint density at radius 2 is 1.80 bits per heavy atom. The highest BCUT2D eigenvalue weighted by Gasteiger charge is 2.29. The predicted molar refractivity (Wildman–Crippen MR) is 108 cm³/mol. The van der Waals surface area contributed by atoms with Crippen molar-refractivity contribution in [3.63, 3.8) is 0 Å². The van der Waals surface area contributed by atoms with Gasteiger partial charge in [0, 0.05) is 13.1 Å². The van der Waals surface area contributed by atoms with Crippen molar-refractivity contribution in [3.8, 4) is 5.75 Å². The van der Waals surface area contributed by atoms with Crippen LogP contribution in [0.3, 0.4) is 0 Å². The van der Waals surface area contributed by atoms with Crippen molar-refractivity contribution in [2.24, 2.45) is 0 Å². The summed E-state index contributed by atoms with van der Waals surface area (Å²) in [6, 6.07) is 9.85. The number of amides is 2. The van der Waals surface area contributed by atoms with E-state index in [4.69, 9.17) is 9.15 Å². The molecule has 1 aromatic carbocycles. The van der Waals surface area contributed by atoms with Gasteiger partial charge in [0.2, 0.25) is 5.09 Å². The van der Waals surface area contributed by atoms with Crippen LogP contribution in [0.4, 0.5) is 0 Å². The highest BCUT2D eigenvalue weighted by atomic mass is 32.2. The maximum Gasteiger partial charge on any atom is 0.305 e. The molecule has 0 saturated carbocycles. The van der Waals surface area contributed by atoms with E-state index in [1.54, 1.807) is 12.1 Å². The molecular formula is C20H25N3O6S. The number of carbonyl (C=O) groups is 2.